The van der Waals surface area contributed by atoms with Crippen LogP contribution in [0.3, 0.4) is 0 Å². The van der Waals surface area contributed by atoms with Gasteiger partial charge in [0.05, 0.1) is 5.56 Å². The van der Waals surface area contributed by atoms with Gasteiger partial charge >= 0.3 is 0 Å². The summed E-state index contributed by atoms with van der Waals surface area (Å²) in [5.41, 5.74) is 6.50. The number of anilines is 1. The Hall–Kier alpha value is -2.80. The molecule has 4 rings (SSSR count). The first-order valence-electron chi connectivity index (χ1n) is 9.82. The summed E-state index contributed by atoms with van der Waals surface area (Å²) in [5, 5.41) is 2.93. The van der Waals surface area contributed by atoms with Gasteiger partial charge in [-0.05, 0) is 37.1 Å². The van der Waals surface area contributed by atoms with Gasteiger partial charge < -0.3 is 25.4 Å². The molecule has 7 nitrogen and oxygen atoms in total. The zero-order valence-electron chi connectivity index (χ0n) is 15.8. The molecule has 1 fully saturated rings. The highest BCUT2D eigenvalue weighted by Crippen LogP contribution is 2.31. The highest BCUT2D eigenvalue weighted by Gasteiger charge is 2.21. The quantitative estimate of drug-likeness (QED) is 0.822. The second kappa shape index (κ2) is 8.48. The van der Waals surface area contributed by atoms with Crippen molar-refractivity contribution in [3.8, 4) is 11.5 Å². The molecule has 1 amide bonds. The smallest absolute Gasteiger partial charge is 0.252 e. The number of piperidine rings is 1. The summed E-state index contributed by atoms with van der Waals surface area (Å²) < 4.78 is 11.6. The zero-order chi connectivity index (χ0) is 19.3. The first kappa shape index (κ1) is 18.6. The Kier molecular flexibility index (Phi) is 5.62. The molecular formula is C21H26N4O3. The van der Waals surface area contributed by atoms with Crippen LogP contribution in [0.2, 0.25) is 0 Å². The van der Waals surface area contributed by atoms with Crippen molar-refractivity contribution < 1.29 is 14.3 Å². The van der Waals surface area contributed by atoms with Crippen LogP contribution in [0.5, 0.6) is 11.5 Å². The summed E-state index contributed by atoms with van der Waals surface area (Å²) in [4.78, 5) is 19.0. The van der Waals surface area contributed by atoms with Crippen LogP contribution >= 0.6 is 0 Å². The Labute approximate surface area is 164 Å². The summed E-state index contributed by atoms with van der Waals surface area (Å²) in [6.45, 7) is 2.82. The highest BCUT2D eigenvalue weighted by molar-refractivity contribution is 5.94. The van der Waals surface area contributed by atoms with Crippen LogP contribution in [0.1, 0.15) is 29.6 Å². The Morgan fingerprint density at radius 2 is 1.96 bits per heavy atom. The van der Waals surface area contributed by atoms with Crippen LogP contribution in [-0.2, 0) is 0 Å². The van der Waals surface area contributed by atoms with E-state index in [0.29, 0.717) is 25.1 Å². The maximum Gasteiger partial charge on any atom is 0.252 e. The van der Waals surface area contributed by atoms with Crippen molar-refractivity contribution in [2.75, 3.05) is 31.1 Å². The third-order valence-electron chi connectivity index (χ3n) is 5.19. The van der Waals surface area contributed by atoms with Gasteiger partial charge in [0.1, 0.15) is 18.5 Å². The third-order valence-corrected chi connectivity index (χ3v) is 5.19. The maximum atomic E-state index is 12.4. The molecule has 28 heavy (non-hydrogen) atoms. The molecule has 1 unspecified atom stereocenters. The Bertz CT molecular complexity index is 804. The molecule has 1 saturated heterocycles. The lowest BCUT2D eigenvalue weighted by molar-refractivity contribution is 0.0812. The number of carbonyl (C=O) groups is 1. The van der Waals surface area contributed by atoms with Gasteiger partial charge in [0.15, 0.2) is 11.5 Å². The zero-order valence-corrected chi connectivity index (χ0v) is 15.8. The van der Waals surface area contributed by atoms with E-state index in [4.69, 9.17) is 15.2 Å². The summed E-state index contributed by atoms with van der Waals surface area (Å²) >= 11 is 0. The van der Waals surface area contributed by atoms with Gasteiger partial charge in [0.25, 0.3) is 5.91 Å². The Morgan fingerprint density at radius 1 is 1.18 bits per heavy atom. The fourth-order valence-electron chi connectivity index (χ4n) is 3.49. The molecule has 0 saturated carbocycles. The number of pyridine rings is 1. The van der Waals surface area contributed by atoms with Gasteiger partial charge in [0, 0.05) is 38.3 Å². The monoisotopic (exact) mass is 382 g/mol. The molecule has 3 heterocycles. The van der Waals surface area contributed by atoms with Crippen molar-refractivity contribution >= 4 is 11.7 Å². The summed E-state index contributed by atoms with van der Waals surface area (Å²) in [7, 11) is 0. The number of fused-ring (bicyclic) bond motifs is 1. The number of hydrogen-bond donors (Lipinski definition) is 2. The third kappa shape index (κ3) is 4.36. The van der Waals surface area contributed by atoms with Crippen molar-refractivity contribution in [2.45, 2.75) is 31.4 Å². The molecule has 1 aromatic heterocycles. The minimum atomic E-state index is -0.128. The van der Waals surface area contributed by atoms with E-state index in [1.165, 1.54) is 0 Å². The van der Waals surface area contributed by atoms with Crippen molar-refractivity contribution in [1.82, 2.24) is 10.3 Å². The number of nitrogens with two attached hydrogens (primary N) is 1. The molecular weight excluding hydrogens is 356 g/mol. The van der Waals surface area contributed by atoms with E-state index in [2.05, 4.69) is 15.2 Å². The van der Waals surface area contributed by atoms with Crippen molar-refractivity contribution in [3.05, 3.63) is 48.2 Å². The molecule has 0 bridgehead atoms. The number of benzene rings is 1. The highest BCUT2D eigenvalue weighted by atomic mass is 16.6. The number of aromatic nitrogens is 1. The molecule has 0 radical (unpaired) electrons. The predicted molar refractivity (Wildman–Crippen MR) is 107 cm³/mol. The molecule has 3 N–H and O–H groups in total. The van der Waals surface area contributed by atoms with Gasteiger partial charge in [-0.25, -0.2) is 4.98 Å². The molecule has 2 aromatic rings. The fourth-order valence-corrected chi connectivity index (χ4v) is 3.49. The predicted octanol–water partition coefficient (Wildman–Crippen LogP) is 1.97. The number of hydrogen-bond acceptors (Lipinski definition) is 6. The van der Waals surface area contributed by atoms with Crippen LogP contribution in [0.15, 0.2) is 42.6 Å². The average molecular weight is 382 g/mol. The van der Waals surface area contributed by atoms with E-state index in [9.17, 15) is 4.79 Å². The average Bonchev–Trinajstić information content (AvgIpc) is 2.74. The van der Waals surface area contributed by atoms with Gasteiger partial charge in [-0.1, -0.05) is 12.1 Å². The molecule has 7 heteroatoms. The lowest BCUT2D eigenvalue weighted by Crippen LogP contribution is -2.40. The van der Waals surface area contributed by atoms with Gasteiger partial charge in [0.2, 0.25) is 0 Å². The van der Waals surface area contributed by atoms with E-state index in [0.717, 1.165) is 43.2 Å². The molecule has 2 aliphatic rings. The topological polar surface area (TPSA) is 89.7 Å². The minimum absolute atomic E-state index is 0.0684. The number of nitrogens with one attached hydrogen (secondary N) is 1. The Balaban J connectivity index is 1.24. The largest absolute Gasteiger partial charge is 0.486 e. The summed E-state index contributed by atoms with van der Waals surface area (Å²) in [5.74, 6) is 2.29. The van der Waals surface area contributed by atoms with Crippen LogP contribution in [0.25, 0.3) is 0 Å². The first-order chi connectivity index (χ1) is 13.7. The lowest BCUT2D eigenvalue weighted by Gasteiger charge is -2.31. The first-order valence-corrected chi connectivity index (χ1v) is 9.82. The molecule has 2 aliphatic heterocycles. The summed E-state index contributed by atoms with van der Waals surface area (Å²) in [6.07, 6.45) is 4.19. The van der Waals surface area contributed by atoms with Crippen LogP contribution in [0, 0.1) is 0 Å². The summed E-state index contributed by atoms with van der Waals surface area (Å²) in [6, 6.07) is 11.6. The number of nitrogens with zero attached hydrogens (tertiary/aromatic N) is 2. The molecule has 1 aromatic carbocycles. The number of rotatable bonds is 5. The van der Waals surface area contributed by atoms with E-state index in [-0.39, 0.29) is 18.1 Å². The van der Waals surface area contributed by atoms with E-state index in [1.54, 1.807) is 6.20 Å². The van der Waals surface area contributed by atoms with Gasteiger partial charge in [-0.2, -0.15) is 0 Å². The Morgan fingerprint density at radius 3 is 2.71 bits per heavy atom. The SMILES string of the molecule is NC1CCN(c2ccc(C(=O)NCCC3COc4ccccc4O3)cn2)CC1. The van der Waals surface area contributed by atoms with Crippen molar-refractivity contribution in [1.29, 1.82) is 0 Å². The van der Waals surface area contributed by atoms with E-state index >= 15 is 0 Å². The normalized spacial score (nSPS) is 19.3. The fraction of sp³-hybridized carbons (Fsp3) is 0.429. The number of amides is 1. The molecule has 0 aliphatic carbocycles. The van der Waals surface area contributed by atoms with Crippen LogP contribution in [-0.4, -0.2) is 49.3 Å². The van der Waals surface area contributed by atoms with Crippen LogP contribution < -0.4 is 25.4 Å². The second-order valence-corrected chi connectivity index (χ2v) is 7.27. The minimum Gasteiger partial charge on any atom is -0.486 e. The number of ether oxygens (including phenoxy) is 2. The van der Waals surface area contributed by atoms with Gasteiger partial charge in [-0.15, -0.1) is 0 Å². The maximum absolute atomic E-state index is 12.4. The lowest BCUT2D eigenvalue weighted by atomic mass is 10.1. The standard InChI is InChI=1S/C21H26N4O3/c22-16-8-11-25(12-9-16)20-6-5-15(13-24-20)21(26)23-10-7-17-14-27-18-3-1-2-4-19(18)28-17/h1-6,13,16-17H,7-12,14,22H2,(H,23,26). The second-order valence-electron chi connectivity index (χ2n) is 7.27. The number of carbonyl (C=O) groups excluding carboxylic acids is 1. The number of para-hydroxylation sites is 2. The molecule has 1 atom stereocenters. The molecule has 148 valence electrons. The van der Waals surface area contributed by atoms with E-state index < -0.39 is 0 Å². The van der Waals surface area contributed by atoms with Crippen molar-refractivity contribution in [3.63, 3.8) is 0 Å². The van der Waals surface area contributed by atoms with Crippen molar-refractivity contribution in [2.24, 2.45) is 5.73 Å². The van der Waals surface area contributed by atoms with E-state index in [1.807, 2.05) is 36.4 Å². The van der Waals surface area contributed by atoms with Crippen LogP contribution in [0.4, 0.5) is 5.82 Å². The molecule has 0 spiro atoms. The van der Waals surface area contributed by atoms with Gasteiger partial charge in [-0.3, -0.25) is 4.79 Å².